The van der Waals surface area contributed by atoms with Gasteiger partial charge in [-0.2, -0.15) is 0 Å². The third-order valence-corrected chi connectivity index (χ3v) is 5.04. The van der Waals surface area contributed by atoms with E-state index in [9.17, 15) is 5.11 Å². The van der Waals surface area contributed by atoms with Crippen molar-refractivity contribution in [3.63, 3.8) is 0 Å². The molecule has 3 rings (SSSR count). The van der Waals surface area contributed by atoms with E-state index in [2.05, 4.69) is 19.8 Å². The van der Waals surface area contributed by atoms with Crippen LogP contribution in [0.4, 0.5) is 5.69 Å². The Morgan fingerprint density at radius 3 is 2.46 bits per heavy atom. The highest BCUT2D eigenvalue weighted by Gasteiger charge is 2.19. The van der Waals surface area contributed by atoms with Crippen LogP contribution in [0.25, 0.3) is 0 Å². The molecule has 6 nitrogen and oxygen atoms in total. The fourth-order valence-electron chi connectivity index (χ4n) is 3.17. The molecular weight excluding hydrogens is 489 g/mol. The molecule has 2 heterocycles. The second-order valence-electron chi connectivity index (χ2n) is 6.72. The molecule has 1 atom stereocenters. The molecular formula is C20H27ClIN5O. The quantitative estimate of drug-likeness (QED) is 0.351. The molecule has 152 valence electrons. The van der Waals surface area contributed by atoms with E-state index in [0.717, 1.165) is 36.9 Å². The number of hydrogen-bond donors (Lipinski definition) is 2. The lowest BCUT2D eigenvalue weighted by molar-refractivity contribution is 0.228. The average Bonchev–Trinajstić information content (AvgIpc) is 2.72. The highest BCUT2D eigenvalue weighted by Crippen LogP contribution is 2.19. The Morgan fingerprint density at radius 2 is 1.86 bits per heavy atom. The first-order chi connectivity index (χ1) is 13.2. The number of nitrogens with zero attached hydrogens (tertiary/aromatic N) is 4. The Morgan fingerprint density at radius 1 is 1.14 bits per heavy atom. The number of anilines is 1. The van der Waals surface area contributed by atoms with Gasteiger partial charge in [0.05, 0.1) is 0 Å². The van der Waals surface area contributed by atoms with E-state index in [1.165, 1.54) is 5.69 Å². The maximum absolute atomic E-state index is 9.62. The minimum atomic E-state index is 0. The fraction of sp³-hybridized carbons (Fsp3) is 0.400. The number of aliphatic hydroxyl groups is 1. The Balaban J connectivity index is 0.00000280. The zero-order valence-corrected chi connectivity index (χ0v) is 18.8. The van der Waals surface area contributed by atoms with Gasteiger partial charge in [0, 0.05) is 67.8 Å². The van der Waals surface area contributed by atoms with E-state index in [4.69, 9.17) is 17.3 Å². The lowest BCUT2D eigenvalue weighted by Crippen LogP contribution is -2.51. The van der Waals surface area contributed by atoms with Crippen molar-refractivity contribution in [1.82, 2.24) is 9.88 Å². The monoisotopic (exact) mass is 515 g/mol. The van der Waals surface area contributed by atoms with E-state index in [-0.39, 0.29) is 36.5 Å². The highest BCUT2D eigenvalue weighted by molar-refractivity contribution is 14.0. The fourth-order valence-corrected chi connectivity index (χ4v) is 3.30. The second kappa shape index (κ2) is 11.4. The van der Waals surface area contributed by atoms with Crippen LogP contribution in [-0.4, -0.2) is 60.3 Å². The molecule has 8 heteroatoms. The molecule has 28 heavy (non-hydrogen) atoms. The molecule has 2 aromatic rings. The van der Waals surface area contributed by atoms with Crippen molar-refractivity contribution >= 4 is 47.2 Å². The molecule has 1 aliphatic heterocycles. The third kappa shape index (κ3) is 6.49. The van der Waals surface area contributed by atoms with Crippen LogP contribution in [0.2, 0.25) is 5.02 Å². The van der Waals surface area contributed by atoms with Gasteiger partial charge in [-0.15, -0.1) is 24.0 Å². The van der Waals surface area contributed by atoms with Gasteiger partial charge in [0.1, 0.15) is 0 Å². The lowest BCUT2D eigenvalue weighted by Gasteiger charge is -2.36. The largest absolute Gasteiger partial charge is 0.396 e. The minimum Gasteiger partial charge on any atom is -0.396 e. The predicted octanol–water partition coefficient (Wildman–Crippen LogP) is 2.64. The number of halogens is 2. The summed E-state index contributed by atoms with van der Waals surface area (Å²) in [7, 11) is 0. The summed E-state index contributed by atoms with van der Waals surface area (Å²) in [5.74, 6) is 0.569. The van der Waals surface area contributed by atoms with E-state index in [1.807, 2.05) is 42.5 Å². The zero-order valence-electron chi connectivity index (χ0n) is 15.7. The summed E-state index contributed by atoms with van der Waals surface area (Å²) in [6.45, 7) is 3.97. The van der Waals surface area contributed by atoms with Crippen LogP contribution in [0.1, 0.15) is 5.69 Å². The summed E-state index contributed by atoms with van der Waals surface area (Å²) in [5, 5.41) is 10.4. The maximum atomic E-state index is 9.62. The van der Waals surface area contributed by atoms with Gasteiger partial charge in [0.2, 0.25) is 0 Å². The average molecular weight is 516 g/mol. The Bertz CT molecular complexity index is 736. The molecule has 1 fully saturated rings. The molecule has 0 spiro atoms. The first-order valence-corrected chi connectivity index (χ1v) is 9.59. The molecule has 0 saturated carbocycles. The Kier molecular flexibility index (Phi) is 9.27. The molecule has 0 aliphatic carbocycles. The van der Waals surface area contributed by atoms with Crippen molar-refractivity contribution in [2.75, 3.05) is 44.2 Å². The van der Waals surface area contributed by atoms with Gasteiger partial charge in [0.25, 0.3) is 0 Å². The van der Waals surface area contributed by atoms with Crippen molar-refractivity contribution in [2.24, 2.45) is 16.6 Å². The van der Waals surface area contributed by atoms with Gasteiger partial charge in [-0.05, 0) is 42.8 Å². The third-order valence-electron chi connectivity index (χ3n) is 4.79. The summed E-state index contributed by atoms with van der Waals surface area (Å²) >= 11 is 5.96. The summed E-state index contributed by atoms with van der Waals surface area (Å²) in [4.78, 5) is 13.2. The van der Waals surface area contributed by atoms with Gasteiger partial charge in [-0.1, -0.05) is 17.7 Å². The molecule has 0 radical (unpaired) electrons. The molecule has 1 aromatic heterocycles. The molecule has 1 aliphatic rings. The lowest BCUT2D eigenvalue weighted by atomic mass is 10.0. The summed E-state index contributed by atoms with van der Waals surface area (Å²) < 4.78 is 0. The van der Waals surface area contributed by atoms with Gasteiger partial charge >= 0.3 is 0 Å². The summed E-state index contributed by atoms with van der Waals surface area (Å²) in [6, 6.07) is 13.7. The highest BCUT2D eigenvalue weighted by atomic mass is 127. The van der Waals surface area contributed by atoms with Crippen molar-refractivity contribution in [1.29, 1.82) is 0 Å². The predicted molar refractivity (Wildman–Crippen MR) is 126 cm³/mol. The SMILES string of the molecule is I.NC(=NCC(CO)Cc1ccccn1)N1CCN(c2ccc(Cl)cc2)CC1. The summed E-state index contributed by atoms with van der Waals surface area (Å²) in [5.41, 5.74) is 8.32. The molecule has 0 amide bonds. The van der Waals surface area contributed by atoms with Crippen molar-refractivity contribution < 1.29 is 5.11 Å². The van der Waals surface area contributed by atoms with Crippen LogP contribution in [0.5, 0.6) is 0 Å². The van der Waals surface area contributed by atoms with Gasteiger partial charge < -0.3 is 20.6 Å². The first kappa shape index (κ1) is 22.7. The van der Waals surface area contributed by atoms with Gasteiger partial charge in [-0.25, -0.2) is 0 Å². The van der Waals surface area contributed by atoms with E-state index >= 15 is 0 Å². The van der Waals surface area contributed by atoms with Crippen molar-refractivity contribution in [3.05, 3.63) is 59.4 Å². The van der Waals surface area contributed by atoms with Crippen molar-refractivity contribution in [3.8, 4) is 0 Å². The minimum absolute atomic E-state index is 0. The van der Waals surface area contributed by atoms with Crippen LogP contribution in [-0.2, 0) is 6.42 Å². The summed E-state index contributed by atoms with van der Waals surface area (Å²) in [6.07, 6.45) is 2.46. The number of guanidine groups is 1. The van der Waals surface area contributed by atoms with E-state index in [1.54, 1.807) is 6.20 Å². The number of benzene rings is 1. The normalized spacial score (nSPS) is 15.9. The molecule has 0 bridgehead atoms. The number of nitrogens with two attached hydrogens (primary N) is 1. The maximum Gasteiger partial charge on any atom is 0.191 e. The molecule has 3 N–H and O–H groups in total. The van der Waals surface area contributed by atoms with Crippen LogP contribution in [0.3, 0.4) is 0 Å². The number of hydrogen-bond acceptors (Lipinski definition) is 4. The van der Waals surface area contributed by atoms with E-state index in [0.29, 0.717) is 18.9 Å². The standard InChI is InChI=1S/C20H26ClN5O.HI/c21-17-4-6-19(7-5-17)25-9-11-26(12-10-25)20(22)24-14-16(15-27)13-18-3-1-2-8-23-18;/h1-8,16,27H,9-15H2,(H2,22,24);1H. The number of pyridine rings is 1. The number of rotatable bonds is 6. The Hall–Kier alpha value is -1.58. The van der Waals surface area contributed by atoms with Crippen LogP contribution in [0, 0.1) is 5.92 Å². The molecule has 1 unspecified atom stereocenters. The van der Waals surface area contributed by atoms with Crippen molar-refractivity contribution in [2.45, 2.75) is 6.42 Å². The topological polar surface area (TPSA) is 78.0 Å². The second-order valence-corrected chi connectivity index (χ2v) is 7.16. The number of piperazine rings is 1. The smallest absolute Gasteiger partial charge is 0.191 e. The van der Waals surface area contributed by atoms with E-state index < -0.39 is 0 Å². The van der Waals surface area contributed by atoms with Gasteiger partial charge in [0.15, 0.2) is 5.96 Å². The number of aliphatic hydroxyl groups excluding tert-OH is 1. The molecule has 1 aromatic carbocycles. The zero-order chi connectivity index (χ0) is 19.1. The van der Waals surface area contributed by atoms with Crippen LogP contribution < -0.4 is 10.6 Å². The number of aliphatic imine (C=N–C) groups is 1. The number of aromatic nitrogens is 1. The molecule has 1 saturated heterocycles. The van der Waals surface area contributed by atoms with Crippen LogP contribution >= 0.6 is 35.6 Å². The first-order valence-electron chi connectivity index (χ1n) is 9.22. The van der Waals surface area contributed by atoms with Crippen LogP contribution in [0.15, 0.2) is 53.7 Å². The van der Waals surface area contributed by atoms with Gasteiger partial charge in [-0.3, -0.25) is 9.98 Å². The Labute approximate surface area is 188 Å².